The molecule has 0 aliphatic carbocycles. The minimum absolute atomic E-state index is 0.0791. The minimum atomic E-state index is -0.0791. The predicted molar refractivity (Wildman–Crippen MR) is 72.6 cm³/mol. The zero-order chi connectivity index (χ0) is 13.7. The van der Waals surface area contributed by atoms with E-state index >= 15 is 0 Å². The van der Waals surface area contributed by atoms with Crippen molar-refractivity contribution in [2.45, 2.75) is 25.4 Å². The molecule has 1 aromatic rings. The molecule has 1 atom stereocenters. The van der Waals surface area contributed by atoms with Crippen LogP contribution in [-0.4, -0.2) is 42.1 Å². The van der Waals surface area contributed by atoms with Crippen molar-refractivity contribution < 1.29 is 9.53 Å². The molecule has 6 heteroatoms. The van der Waals surface area contributed by atoms with Crippen molar-refractivity contribution in [2.24, 2.45) is 5.84 Å². The Kier molecular flexibility index (Phi) is 4.70. The first kappa shape index (κ1) is 13.8. The number of carbonyl (C=O) groups excluding carboxylic acids is 1. The molecule has 0 aromatic carbocycles. The molecule has 0 spiro atoms. The molecule has 0 bridgehead atoms. The van der Waals surface area contributed by atoms with Gasteiger partial charge in [0.15, 0.2) is 0 Å². The Morgan fingerprint density at radius 1 is 1.63 bits per heavy atom. The number of anilines is 1. The van der Waals surface area contributed by atoms with Gasteiger partial charge in [-0.2, -0.15) is 0 Å². The summed E-state index contributed by atoms with van der Waals surface area (Å²) in [5.41, 5.74) is 3.55. The largest absolute Gasteiger partial charge is 0.376 e. The number of hydrazine groups is 1. The van der Waals surface area contributed by atoms with Crippen molar-refractivity contribution in [3.8, 4) is 0 Å². The highest BCUT2D eigenvalue weighted by atomic mass is 16.5. The maximum atomic E-state index is 12.3. The van der Waals surface area contributed by atoms with Crippen LogP contribution in [0.3, 0.4) is 0 Å². The van der Waals surface area contributed by atoms with E-state index in [1.807, 2.05) is 0 Å². The number of pyridine rings is 1. The number of nitrogens with one attached hydrogen (secondary N) is 1. The van der Waals surface area contributed by atoms with Crippen LogP contribution in [0.15, 0.2) is 18.5 Å². The average Bonchev–Trinajstić information content (AvgIpc) is 2.47. The summed E-state index contributed by atoms with van der Waals surface area (Å²) in [7, 11) is 1.78. The Balaban J connectivity index is 2.01. The van der Waals surface area contributed by atoms with E-state index in [2.05, 4.69) is 10.4 Å². The lowest BCUT2D eigenvalue weighted by molar-refractivity contribution is -0.000173. The van der Waals surface area contributed by atoms with Gasteiger partial charge in [-0.1, -0.05) is 0 Å². The Morgan fingerprint density at radius 2 is 2.47 bits per heavy atom. The van der Waals surface area contributed by atoms with Gasteiger partial charge in [0.05, 0.1) is 23.6 Å². The second-order valence-corrected chi connectivity index (χ2v) is 4.74. The van der Waals surface area contributed by atoms with Gasteiger partial charge in [0.1, 0.15) is 0 Å². The Morgan fingerprint density at radius 3 is 3.16 bits per heavy atom. The second kappa shape index (κ2) is 6.49. The average molecular weight is 264 g/mol. The first-order valence-electron chi connectivity index (χ1n) is 6.50. The van der Waals surface area contributed by atoms with Crippen LogP contribution in [0.4, 0.5) is 5.69 Å². The summed E-state index contributed by atoms with van der Waals surface area (Å²) in [5.74, 6) is 5.31. The lowest BCUT2D eigenvalue weighted by Gasteiger charge is -2.27. The van der Waals surface area contributed by atoms with E-state index in [-0.39, 0.29) is 12.0 Å². The highest BCUT2D eigenvalue weighted by Crippen LogP contribution is 2.17. The number of carbonyl (C=O) groups is 1. The number of nitrogens with two attached hydrogens (primary N) is 1. The molecule has 1 unspecified atom stereocenters. The van der Waals surface area contributed by atoms with Crippen LogP contribution < -0.4 is 11.3 Å². The van der Waals surface area contributed by atoms with Gasteiger partial charge in [0.2, 0.25) is 0 Å². The Hall–Kier alpha value is -1.66. The standard InChI is InChI=1S/C13H20N4O2/c1-17(9-10-4-2-3-7-19-10)13(18)11-5-6-15-8-12(11)16-14/h5-6,8,10,16H,2-4,7,9,14H2,1H3. The van der Waals surface area contributed by atoms with Crippen LogP contribution in [0.2, 0.25) is 0 Å². The fourth-order valence-electron chi connectivity index (χ4n) is 2.24. The summed E-state index contributed by atoms with van der Waals surface area (Å²) in [4.78, 5) is 18.0. The third-order valence-electron chi connectivity index (χ3n) is 3.31. The van der Waals surface area contributed by atoms with E-state index in [1.165, 1.54) is 6.20 Å². The molecule has 2 heterocycles. The van der Waals surface area contributed by atoms with Crippen LogP contribution in [0.25, 0.3) is 0 Å². The Labute approximate surface area is 112 Å². The first-order chi connectivity index (χ1) is 9.22. The van der Waals surface area contributed by atoms with Crippen LogP contribution in [0.1, 0.15) is 29.6 Å². The summed E-state index contributed by atoms with van der Waals surface area (Å²) in [6.07, 6.45) is 6.55. The van der Waals surface area contributed by atoms with E-state index in [4.69, 9.17) is 10.6 Å². The maximum absolute atomic E-state index is 12.3. The van der Waals surface area contributed by atoms with Crippen molar-refractivity contribution in [2.75, 3.05) is 25.6 Å². The molecule has 3 N–H and O–H groups in total. The van der Waals surface area contributed by atoms with E-state index in [1.54, 1.807) is 24.2 Å². The molecular formula is C13H20N4O2. The van der Waals surface area contributed by atoms with Crippen LogP contribution in [0.5, 0.6) is 0 Å². The highest BCUT2D eigenvalue weighted by molar-refractivity contribution is 5.99. The molecule has 1 aliphatic heterocycles. The third kappa shape index (κ3) is 3.42. The van der Waals surface area contributed by atoms with Crippen molar-refractivity contribution >= 4 is 11.6 Å². The number of rotatable bonds is 4. The highest BCUT2D eigenvalue weighted by Gasteiger charge is 2.21. The van der Waals surface area contributed by atoms with E-state index in [0.717, 1.165) is 25.9 Å². The molecular weight excluding hydrogens is 244 g/mol. The zero-order valence-corrected chi connectivity index (χ0v) is 11.1. The minimum Gasteiger partial charge on any atom is -0.376 e. The van der Waals surface area contributed by atoms with Crippen LogP contribution >= 0.6 is 0 Å². The zero-order valence-electron chi connectivity index (χ0n) is 11.1. The predicted octanol–water partition coefficient (Wildman–Crippen LogP) is 1.01. The number of likely N-dealkylation sites (N-methyl/N-ethyl adjacent to an activating group) is 1. The second-order valence-electron chi connectivity index (χ2n) is 4.74. The number of hydrogen-bond acceptors (Lipinski definition) is 5. The summed E-state index contributed by atoms with van der Waals surface area (Å²) >= 11 is 0. The van der Waals surface area contributed by atoms with Gasteiger partial charge < -0.3 is 15.1 Å². The van der Waals surface area contributed by atoms with Gasteiger partial charge in [0, 0.05) is 26.4 Å². The number of aromatic nitrogens is 1. The van der Waals surface area contributed by atoms with Crippen LogP contribution in [0, 0.1) is 0 Å². The molecule has 1 amide bonds. The van der Waals surface area contributed by atoms with Crippen molar-refractivity contribution in [1.82, 2.24) is 9.88 Å². The molecule has 19 heavy (non-hydrogen) atoms. The number of hydrogen-bond donors (Lipinski definition) is 2. The summed E-state index contributed by atoms with van der Waals surface area (Å²) in [5, 5.41) is 0. The SMILES string of the molecule is CN(CC1CCCCO1)C(=O)c1ccncc1NN. The van der Waals surface area contributed by atoms with Gasteiger partial charge in [-0.15, -0.1) is 0 Å². The van der Waals surface area contributed by atoms with Gasteiger partial charge in [-0.05, 0) is 25.3 Å². The van der Waals surface area contributed by atoms with E-state index < -0.39 is 0 Å². The topological polar surface area (TPSA) is 80.5 Å². The molecule has 104 valence electrons. The fourth-order valence-corrected chi connectivity index (χ4v) is 2.24. The van der Waals surface area contributed by atoms with Gasteiger partial charge in [0.25, 0.3) is 5.91 Å². The smallest absolute Gasteiger partial charge is 0.255 e. The number of nitrogens with zero attached hydrogens (tertiary/aromatic N) is 2. The summed E-state index contributed by atoms with van der Waals surface area (Å²) < 4.78 is 5.64. The summed E-state index contributed by atoms with van der Waals surface area (Å²) in [6.45, 7) is 1.39. The van der Waals surface area contributed by atoms with E-state index in [0.29, 0.717) is 17.8 Å². The molecule has 0 radical (unpaired) electrons. The van der Waals surface area contributed by atoms with Gasteiger partial charge >= 0.3 is 0 Å². The number of amides is 1. The van der Waals surface area contributed by atoms with Crippen molar-refractivity contribution in [3.63, 3.8) is 0 Å². The normalized spacial score (nSPS) is 18.9. The number of nitrogen functional groups attached to an aromatic ring is 1. The van der Waals surface area contributed by atoms with Gasteiger partial charge in [-0.25, -0.2) is 0 Å². The molecule has 1 aliphatic rings. The van der Waals surface area contributed by atoms with Gasteiger partial charge in [-0.3, -0.25) is 15.6 Å². The maximum Gasteiger partial charge on any atom is 0.255 e. The van der Waals surface area contributed by atoms with Crippen molar-refractivity contribution in [3.05, 3.63) is 24.0 Å². The monoisotopic (exact) mass is 264 g/mol. The molecule has 0 saturated carbocycles. The van der Waals surface area contributed by atoms with E-state index in [9.17, 15) is 4.79 Å². The molecule has 2 rings (SSSR count). The summed E-state index contributed by atoms with van der Waals surface area (Å²) in [6, 6.07) is 1.66. The number of ether oxygens (including phenoxy) is 1. The third-order valence-corrected chi connectivity index (χ3v) is 3.31. The molecule has 1 fully saturated rings. The molecule has 1 saturated heterocycles. The molecule has 6 nitrogen and oxygen atoms in total. The van der Waals surface area contributed by atoms with Crippen LogP contribution in [-0.2, 0) is 4.74 Å². The molecule has 1 aromatic heterocycles. The van der Waals surface area contributed by atoms with Crippen molar-refractivity contribution in [1.29, 1.82) is 0 Å². The Bertz CT molecular complexity index is 432. The lowest BCUT2D eigenvalue weighted by atomic mass is 10.1. The quantitative estimate of drug-likeness (QED) is 0.626. The fraction of sp³-hybridized carbons (Fsp3) is 0.538. The lowest BCUT2D eigenvalue weighted by Crippen LogP contribution is -2.37. The first-order valence-corrected chi connectivity index (χ1v) is 6.50.